The van der Waals surface area contributed by atoms with Crippen LogP contribution < -0.4 is 4.90 Å². The molecule has 10 heteroatoms. The number of hydrogen-bond donors (Lipinski definition) is 0. The lowest BCUT2D eigenvalue weighted by atomic mass is 10.1. The second-order valence-electron chi connectivity index (χ2n) is 5.39. The minimum absolute atomic E-state index is 0.0554. The first-order valence-electron chi connectivity index (χ1n) is 7.05. The Hall–Kier alpha value is -2.07. The molecule has 1 aromatic heterocycles. The second kappa shape index (κ2) is 6.34. The second-order valence-corrected chi connectivity index (χ2v) is 6.64. The summed E-state index contributed by atoms with van der Waals surface area (Å²) >= 11 is 0.695. The van der Waals surface area contributed by atoms with Gasteiger partial charge in [0.2, 0.25) is 0 Å². The van der Waals surface area contributed by atoms with E-state index in [0.29, 0.717) is 18.0 Å². The third-order valence-electron chi connectivity index (χ3n) is 3.80. The molecule has 1 aliphatic heterocycles. The van der Waals surface area contributed by atoms with Crippen molar-refractivity contribution in [3.8, 4) is 0 Å². The van der Waals surface area contributed by atoms with Crippen LogP contribution in [0.25, 0.3) is 11.0 Å². The van der Waals surface area contributed by atoms with Crippen LogP contribution >= 0.6 is 11.8 Å². The number of nitrogens with zero attached hydrogens (tertiary/aromatic N) is 1. The summed E-state index contributed by atoms with van der Waals surface area (Å²) in [4.78, 5) is 24.4. The van der Waals surface area contributed by atoms with Crippen LogP contribution in [0.2, 0.25) is 0 Å². The lowest BCUT2D eigenvalue weighted by Crippen LogP contribution is -2.27. The van der Waals surface area contributed by atoms with Crippen molar-refractivity contribution in [2.75, 3.05) is 18.1 Å². The molecule has 134 valence electrons. The first-order valence-corrected chi connectivity index (χ1v) is 7.93. The van der Waals surface area contributed by atoms with Crippen molar-refractivity contribution >= 4 is 39.9 Å². The van der Waals surface area contributed by atoms with E-state index >= 15 is 0 Å². The highest BCUT2D eigenvalue weighted by Gasteiger charge is 2.37. The average Bonchev–Trinajstić information content (AvgIpc) is 3.11. The minimum Gasteiger partial charge on any atom is -0.459 e. The third-order valence-corrected chi connectivity index (χ3v) is 4.84. The highest BCUT2D eigenvalue weighted by atomic mass is 32.2. The van der Waals surface area contributed by atoms with Crippen LogP contribution in [0.3, 0.4) is 0 Å². The predicted octanol–water partition coefficient (Wildman–Crippen LogP) is 4.27. The zero-order chi connectivity index (χ0) is 18.4. The van der Waals surface area contributed by atoms with Gasteiger partial charge in [-0.15, -0.1) is 13.2 Å². The van der Waals surface area contributed by atoms with Gasteiger partial charge >= 0.3 is 6.36 Å². The first kappa shape index (κ1) is 17.7. The highest BCUT2D eigenvalue weighted by molar-refractivity contribution is 8.14. The van der Waals surface area contributed by atoms with Gasteiger partial charge in [-0.25, -0.2) is 4.39 Å². The van der Waals surface area contributed by atoms with Gasteiger partial charge in [-0.2, -0.15) is 0 Å². The Kier molecular flexibility index (Phi) is 4.50. The summed E-state index contributed by atoms with van der Waals surface area (Å²) in [6, 6.07) is 1.39. The average molecular weight is 377 g/mol. The quantitative estimate of drug-likeness (QED) is 0.588. The van der Waals surface area contributed by atoms with E-state index < -0.39 is 29.3 Å². The number of aldehydes is 1. The van der Waals surface area contributed by atoms with Crippen molar-refractivity contribution in [2.45, 2.75) is 18.5 Å². The van der Waals surface area contributed by atoms with Crippen molar-refractivity contribution < 1.29 is 36.3 Å². The van der Waals surface area contributed by atoms with E-state index in [1.54, 1.807) is 0 Å². The summed E-state index contributed by atoms with van der Waals surface area (Å²) in [6.07, 6.45) is -3.15. The maximum atomic E-state index is 14.3. The van der Waals surface area contributed by atoms with Gasteiger partial charge in [0.1, 0.15) is 12.5 Å². The summed E-state index contributed by atoms with van der Waals surface area (Å²) in [5, 5.41) is -1.04. The fourth-order valence-electron chi connectivity index (χ4n) is 2.55. The highest BCUT2D eigenvalue weighted by Crippen LogP contribution is 2.38. The summed E-state index contributed by atoms with van der Waals surface area (Å²) in [5.74, 6) is -0.720. The standard InChI is InChI=1S/C15H11F4NO4S/c1-7-8(4-21)2-10-11(6-23-13(10)12(7)16)20-3-9(25-14(20)22)5-24-15(17,18)19/h2,4,6,9H,3,5H2,1H3/t9-/m1/s1. The maximum absolute atomic E-state index is 14.3. The molecule has 0 aliphatic carbocycles. The summed E-state index contributed by atoms with van der Waals surface area (Å²) in [7, 11) is 0. The summed E-state index contributed by atoms with van der Waals surface area (Å²) in [6.45, 7) is 0.682. The Morgan fingerprint density at radius 1 is 1.48 bits per heavy atom. The van der Waals surface area contributed by atoms with Gasteiger partial charge in [0.15, 0.2) is 11.4 Å². The Bertz CT molecular complexity index is 848. The van der Waals surface area contributed by atoms with Crippen LogP contribution in [0.5, 0.6) is 0 Å². The van der Waals surface area contributed by atoms with Crippen molar-refractivity contribution in [1.29, 1.82) is 0 Å². The van der Waals surface area contributed by atoms with E-state index in [2.05, 4.69) is 4.74 Å². The van der Waals surface area contributed by atoms with Gasteiger partial charge in [0.05, 0.1) is 17.5 Å². The van der Waals surface area contributed by atoms with E-state index in [-0.39, 0.29) is 34.3 Å². The van der Waals surface area contributed by atoms with Crippen LogP contribution in [0.15, 0.2) is 16.7 Å². The molecule has 1 aromatic carbocycles. The molecule has 0 bridgehead atoms. The molecule has 25 heavy (non-hydrogen) atoms. The zero-order valence-corrected chi connectivity index (χ0v) is 13.5. The van der Waals surface area contributed by atoms with Crippen LogP contribution in [-0.2, 0) is 4.74 Å². The smallest absolute Gasteiger partial charge is 0.459 e. The van der Waals surface area contributed by atoms with Crippen LogP contribution in [0, 0.1) is 12.7 Å². The SMILES string of the molecule is Cc1c(C=O)cc2c(N3C[C@H](COC(F)(F)F)SC3=O)coc2c1F. The van der Waals surface area contributed by atoms with Gasteiger partial charge in [-0.05, 0) is 18.6 Å². The number of hydrogen-bond acceptors (Lipinski definition) is 5. The van der Waals surface area contributed by atoms with Crippen molar-refractivity contribution in [2.24, 2.45) is 0 Å². The monoisotopic (exact) mass is 377 g/mol. The number of amides is 1. The Labute approximate surface area is 142 Å². The maximum Gasteiger partial charge on any atom is 0.522 e. The lowest BCUT2D eigenvalue weighted by Gasteiger charge is -2.14. The van der Waals surface area contributed by atoms with E-state index in [0.717, 1.165) is 6.26 Å². The molecule has 5 nitrogen and oxygen atoms in total. The molecule has 2 aromatic rings. The fourth-order valence-corrected chi connectivity index (χ4v) is 3.50. The molecule has 1 aliphatic rings. The number of halogens is 4. The molecule has 1 saturated heterocycles. The van der Waals surface area contributed by atoms with E-state index in [1.165, 1.54) is 17.9 Å². The summed E-state index contributed by atoms with van der Waals surface area (Å²) in [5.41, 5.74) is 0.292. The molecule has 0 radical (unpaired) electrons. The number of anilines is 1. The molecule has 1 atom stereocenters. The van der Waals surface area contributed by atoms with Crippen molar-refractivity contribution in [3.05, 3.63) is 29.3 Å². The number of carbonyl (C=O) groups excluding carboxylic acids is 2. The van der Waals surface area contributed by atoms with Gasteiger partial charge in [0.25, 0.3) is 5.24 Å². The van der Waals surface area contributed by atoms with Gasteiger partial charge in [-0.3, -0.25) is 19.2 Å². The molecule has 0 saturated carbocycles. The first-order chi connectivity index (χ1) is 11.7. The Morgan fingerprint density at radius 3 is 2.84 bits per heavy atom. The van der Waals surface area contributed by atoms with Crippen LogP contribution in [-0.4, -0.2) is 36.3 Å². The summed E-state index contributed by atoms with van der Waals surface area (Å²) < 4.78 is 59.6. The minimum atomic E-state index is -4.78. The molecule has 0 unspecified atom stereocenters. The topological polar surface area (TPSA) is 59.8 Å². The van der Waals surface area contributed by atoms with E-state index in [1.807, 2.05) is 0 Å². The molecule has 1 fully saturated rings. The third kappa shape index (κ3) is 3.36. The largest absolute Gasteiger partial charge is 0.522 e. The predicted molar refractivity (Wildman–Crippen MR) is 82.4 cm³/mol. The molecular formula is C15H11F4NO4S. The normalized spacial score (nSPS) is 18.4. The number of benzene rings is 1. The lowest BCUT2D eigenvalue weighted by molar-refractivity contribution is -0.323. The fraction of sp³-hybridized carbons (Fsp3) is 0.333. The zero-order valence-electron chi connectivity index (χ0n) is 12.7. The number of fused-ring (bicyclic) bond motifs is 1. The number of furan rings is 1. The number of rotatable bonds is 4. The van der Waals surface area contributed by atoms with Gasteiger partial charge < -0.3 is 4.42 Å². The van der Waals surface area contributed by atoms with Crippen LogP contribution in [0.4, 0.5) is 28.0 Å². The molecule has 2 heterocycles. The molecule has 1 amide bonds. The molecular weight excluding hydrogens is 366 g/mol. The van der Waals surface area contributed by atoms with E-state index in [9.17, 15) is 27.2 Å². The van der Waals surface area contributed by atoms with E-state index in [4.69, 9.17) is 4.42 Å². The van der Waals surface area contributed by atoms with Gasteiger partial charge in [-0.1, -0.05) is 11.8 Å². The molecule has 0 N–H and O–H groups in total. The number of carbonyl (C=O) groups is 2. The Balaban J connectivity index is 1.91. The molecule has 3 rings (SSSR count). The number of alkyl halides is 3. The number of ether oxygens (including phenoxy) is 1. The van der Waals surface area contributed by atoms with Crippen molar-refractivity contribution in [1.82, 2.24) is 0 Å². The number of thioether (sulfide) groups is 1. The van der Waals surface area contributed by atoms with Gasteiger partial charge in [0, 0.05) is 17.5 Å². The molecule has 0 spiro atoms. The Morgan fingerprint density at radius 2 is 2.20 bits per heavy atom. The van der Waals surface area contributed by atoms with Crippen molar-refractivity contribution in [3.63, 3.8) is 0 Å². The van der Waals surface area contributed by atoms with Crippen LogP contribution in [0.1, 0.15) is 15.9 Å².